The van der Waals surface area contributed by atoms with Crippen LogP contribution in [-0.2, 0) is 11.8 Å². The molecular weight excluding hydrogens is 359 g/mol. The predicted molar refractivity (Wildman–Crippen MR) is 104 cm³/mol. The van der Waals surface area contributed by atoms with Gasteiger partial charge in [-0.15, -0.1) is 0 Å². The van der Waals surface area contributed by atoms with Crippen LogP contribution in [0, 0.1) is 24.1 Å². The Bertz CT molecular complexity index is 1170. The highest BCUT2D eigenvalue weighted by molar-refractivity contribution is 6.09. The van der Waals surface area contributed by atoms with E-state index in [1.165, 1.54) is 22.9 Å². The van der Waals surface area contributed by atoms with Crippen molar-refractivity contribution in [2.24, 2.45) is 7.05 Å². The van der Waals surface area contributed by atoms with Crippen LogP contribution in [0.25, 0.3) is 11.8 Å². The van der Waals surface area contributed by atoms with E-state index in [9.17, 15) is 19.2 Å². The predicted octanol–water partition coefficient (Wildman–Crippen LogP) is 3.17. The summed E-state index contributed by atoms with van der Waals surface area (Å²) in [6.07, 6.45) is 1.15. The van der Waals surface area contributed by atoms with Crippen LogP contribution in [0.4, 0.5) is 10.1 Å². The summed E-state index contributed by atoms with van der Waals surface area (Å²) in [5.41, 5.74) is 0.597. The fraction of sp³-hybridized carbons (Fsp3) is 0.0952. The first-order chi connectivity index (χ1) is 13.4. The van der Waals surface area contributed by atoms with E-state index in [1.54, 1.807) is 55.1 Å². The number of hydrogen-bond acceptors (Lipinski definition) is 3. The van der Waals surface area contributed by atoms with Crippen molar-refractivity contribution in [1.82, 2.24) is 9.36 Å². The molecule has 1 heterocycles. The van der Waals surface area contributed by atoms with Crippen molar-refractivity contribution in [1.29, 1.82) is 5.26 Å². The number of para-hydroxylation sites is 1. The summed E-state index contributed by atoms with van der Waals surface area (Å²) in [4.78, 5) is 25.4. The van der Waals surface area contributed by atoms with Crippen molar-refractivity contribution in [3.63, 3.8) is 0 Å². The number of anilines is 1. The Kier molecular flexibility index (Phi) is 5.23. The summed E-state index contributed by atoms with van der Waals surface area (Å²) in [6.45, 7) is 1.68. The Hall–Kier alpha value is -3.92. The molecule has 0 unspecified atom stereocenters. The largest absolute Gasteiger partial charge is 0.315 e. The lowest BCUT2D eigenvalue weighted by Crippen LogP contribution is -2.23. The van der Waals surface area contributed by atoms with Crippen LogP contribution >= 0.6 is 0 Å². The maximum absolute atomic E-state index is 13.8. The first-order valence-corrected chi connectivity index (χ1v) is 8.45. The number of carbonyl (C=O) groups is 1. The van der Waals surface area contributed by atoms with E-state index in [-0.39, 0.29) is 16.8 Å². The Balaban J connectivity index is 1.98. The zero-order valence-electron chi connectivity index (χ0n) is 15.3. The Morgan fingerprint density at radius 2 is 1.79 bits per heavy atom. The molecule has 1 N–H and O–H groups in total. The number of benzene rings is 2. The molecule has 7 heteroatoms. The molecular formula is C21H17FN4O2. The summed E-state index contributed by atoms with van der Waals surface area (Å²) in [5, 5.41) is 11.8. The number of hydrogen-bond donors (Lipinski definition) is 1. The SMILES string of the molecule is Cc1c(NC(=O)C(C#N)=Cc2ccccc2F)c(=O)n(-c2ccccc2)n1C. The van der Waals surface area contributed by atoms with E-state index in [0.717, 1.165) is 6.08 Å². The van der Waals surface area contributed by atoms with Crippen molar-refractivity contribution < 1.29 is 9.18 Å². The topological polar surface area (TPSA) is 79.8 Å². The van der Waals surface area contributed by atoms with Crippen LogP contribution in [-0.4, -0.2) is 15.3 Å². The average molecular weight is 376 g/mol. The molecule has 0 radical (unpaired) electrons. The second-order valence-electron chi connectivity index (χ2n) is 6.08. The van der Waals surface area contributed by atoms with Crippen LogP contribution in [0.1, 0.15) is 11.3 Å². The molecule has 1 aromatic heterocycles. The highest BCUT2D eigenvalue weighted by Gasteiger charge is 2.20. The number of halogens is 1. The number of nitriles is 1. The fourth-order valence-electron chi connectivity index (χ4n) is 2.79. The lowest BCUT2D eigenvalue weighted by molar-refractivity contribution is -0.112. The van der Waals surface area contributed by atoms with Crippen LogP contribution in [0.5, 0.6) is 0 Å². The van der Waals surface area contributed by atoms with Crippen LogP contribution in [0.15, 0.2) is 65.0 Å². The van der Waals surface area contributed by atoms with Gasteiger partial charge >= 0.3 is 0 Å². The third kappa shape index (κ3) is 3.48. The molecule has 0 atom stereocenters. The smallest absolute Gasteiger partial charge is 0.295 e. The van der Waals surface area contributed by atoms with E-state index >= 15 is 0 Å². The van der Waals surface area contributed by atoms with Gasteiger partial charge in [-0.3, -0.25) is 14.3 Å². The number of amides is 1. The molecule has 2 aromatic carbocycles. The van der Waals surface area contributed by atoms with Crippen molar-refractivity contribution in [2.45, 2.75) is 6.92 Å². The lowest BCUT2D eigenvalue weighted by atomic mass is 10.1. The van der Waals surface area contributed by atoms with E-state index < -0.39 is 17.3 Å². The maximum Gasteiger partial charge on any atom is 0.295 e. The van der Waals surface area contributed by atoms with E-state index in [2.05, 4.69) is 5.32 Å². The normalized spacial score (nSPS) is 11.1. The Morgan fingerprint density at radius 1 is 1.14 bits per heavy atom. The van der Waals surface area contributed by atoms with Gasteiger partial charge in [0.15, 0.2) is 0 Å². The van der Waals surface area contributed by atoms with Crippen molar-refractivity contribution >= 4 is 17.7 Å². The molecule has 0 fully saturated rings. The number of nitrogens with zero attached hydrogens (tertiary/aromatic N) is 3. The summed E-state index contributed by atoms with van der Waals surface area (Å²) >= 11 is 0. The van der Waals surface area contributed by atoms with Crippen molar-refractivity contribution in [3.05, 3.63) is 87.6 Å². The number of aromatic nitrogens is 2. The molecule has 0 aliphatic carbocycles. The van der Waals surface area contributed by atoms with E-state index in [1.807, 2.05) is 6.07 Å². The van der Waals surface area contributed by atoms with Gasteiger partial charge in [0.25, 0.3) is 11.5 Å². The molecule has 0 bridgehead atoms. The highest BCUT2D eigenvalue weighted by Crippen LogP contribution is 2.16. The molecule has 0 saturated heterocycles. The molecule has 28 heavy (non-hydrogen) atoms. The van der Waals surface area contributed by atoms with Crippen LogP contribution in [0.2, 0.25) is 0 Å². The second-order valence-corrected chi connectivity index (χ2v) is 6.08. The van der Waals surface area contributed by atoms with Crippen LogP contribution in [0.3, 0.4) is 0 Å². The molecule has 0 saturated carbocycles. The lowest BCUT2D eigenvalue weighted by Gasteiger charge is -2.07. The monoisotopic (exact) mass is 376 g/mol. The molecule has 3 rings (SSSR count). The van der Waals surface area contributed by atoms with Crippen molar-refractivity contribution in [2.75, 3.05) is 5.32 Å². The van der Waals surface area contributed by atoms with Gasteiger partial charge in [0.2, 0.25) is 0 Å². The number of carbonyl (C=O) groups excluding carboxylic acids is 1. The quantitative estimate of drug-likeness (QED) is 0.561. The van der Waals surface area contributed by atoms with E-state index in [0.29, 0.717) is 11.4 Å². The minimum atomic E-state index is -0.781. The van der Waals surface area contributed by atoms with Gasteiger partial charge in [-0.25, -0.2) is 9.07 Å². The van der Waals surface area contributed by atoms with Gasteiger partial charge in [0, 0.05) is 12.6 Å². The number of rotatable bonds is 4. The second kappa shape index (κ2) is 7.76. The van der Waals surface area contributed by atoms with Gasteiger partial charge in [0.05, 0.1) is 11.4 Å². The maximum atomic E-state index is 13.8. The Morgan fingerprint density at radius 3 is 2.43 bits per heavy atom. The third-order valence-corrected chi connectivity index (χ3v) is 4.36. The molecule has 140 valence electrons. The molecule has 6 nitrogen and oxygen atoms in total. The molecule has 0 aliphatic rings. The van der Waals surface area contributed by atoms with Gasteiger partial charge in [-0.1, -0.05) is 36.4 Å². The first-order valence-electron chi connectivity index (χ1n) is 8.45. The third-order valence-electron chi connectivity index (χ3n) is 4.36. The molecule has 3 aromatic rings. The minimum absolute atomic E-state index is 0.0611. The van der Waals surface area contributed by atoms with E-state index in [4.69, 9.17) is 0 Å². The summed E-state index contributed by atoms with van der Waals surface area (Å²) in [6, 6.07) is 16.5. The van der Waals surface area contributed by atoms with Gasteiger partial charge < -0.3 is 5.32 Å². The highest BCUT2D eigenvalue weighted by atomic mass is 19.1. The van der Waals surface area contributed by atoms with Gasteiger partial charge in [-0.2, -0.15) is 5.26 Å². The summed E-state index contributed by atoms with van der Waals surface area (Å²) in [7, 11) is 1.69. The Labute approximate surface area is 160 Å². The molecule has 0 spiro atoms. The van der Waals surface area contributed by atoms with Crippen LogP contribution < -0.4 is 10.9 Å². The van der Waals surface area contributed by atoms with Gasteiger partial charge in [-0.05, 0) is 31.2 Å². The minimum Gasteiger partial charge on any atom is -0.315 e. The first kappa shape index (κ1) is 18.9. The summed E-state index contributed by atoms with van der Waals surface area (Å²) in [5.74, 6) is -1.33. The number of nitrogens with one attached hydrogen (secondary N) is 1. The zero-order chi connectivity index (χ0) is 20.3. The van der Waals surface area contributed by atoms with Gasteiger partial charge in [0.1, 0.15) is 23.1 Å². The average Bonchev–Trinajstić information content (AvgIpc) is 2.91. The summed E-state index contributed by atoms with van der Waals surface area (Å²) < 4.78 is 16.8. The molecule has 0 aliphatic heterocycles. The van der Waals surface area contributed by atoms with Crippen molar-refractivity contribution in [3.8, 4) is 11.8 Å². The fourth-order valence-corrected chi connectivity index (χ4v) is 2.79. The standard InChI is InChI=1S/C21H17FN4O2/c1-14-19(21(28)26(25(14)2)17-9-4-3-5-10-17)24-20(27)16(13-23)12-15-8-6-7-11-18(15)22/h3-12H,1-2H3,(H,24,27). The zero-order valence-corrected chi connectivity index (χ0v) is 15.3. The molecule has 1 amide bonds.